The van der Waals surface area contributed by atoms with Crippen molar-refractivity contribution in [1.29, 1.82) is 0 Å². The topological polar surface area (TPSA) is 47.8 Å². The van der Waals surface area contributed by atoms with Crippen molar-refractivity contribution in [2.75, 3.05) is 19.8 Å². The van der Waals surface area contributed by atoms with Crippen molar-refractivity contribution in [2.45, 2.75) is 38.3 Å². The minimum Gasteiger partial charge on any atom is -0.381 e. The highest BCUT2D eigenvalue weighted by atomic mass is 16.6. The van der Waals surface area contributed by atoms with Gasteiger partial charge in [-0.1, -0.05) is 13.3 Å². The van der Waals surface area contributed by atoms with E-state index in [0.717, 1.165) is 32.7 Å². The lowest BCUT2D eigenvalue weighted by atomic mass is 10.2. The molecule has 3 heteroatoms. The van der Waals surface area contributed by atoms with Crippen LogP contribution in [0.1, 0.15) is 26.2 Å². The maximum atomic E-state index is 5.79. The first-order valence-corrected chi connectivity index (χ1v) is 4.79. The van der Waals surface area contributed by atoms with E-state index in [-0.39, 0.29) is 6.04 Å². The van der Waals surface area contributed by atoms with Crippen molar-refractivity contribution < 1.29 is 9.47 Å². The zero-order chi connectivity index (χ0) is 8.81. The van der Waals surface area contributed by atoms with Crippen LogP contribution in [0.2, 0.25) is 0 Å². The van der Waals surface area contributed by atoms with Gasteiger partial charge >= 0.3 is 0 Å². The molecule has 1 aliphatic rings. The van der Waals surface area contributed by atoms with Crippen LogP contribution in [0.4, 0.5) is 0 Å². The molecule has 3 nitrogen and oxygen atoms in total. The van der Waals surface area contributed by atoms with E-state index >= 15 is 0 Å². The molecular weight excluding hydrogens is 154 g/mol. The van der Waals surface area contributed by atoms with Crippen LogP contribution in [-0.4, -0.2) is 32.0 Å². The summed E-state index contributed by atoms with van der Waals surface area (Å²) in [6.45, 7) is 4.65. The van der Waals surface area contributed by atoms with Gasteiger partial charge < -0.3 is 15.2 Å². The van der Waals surface area contributed by atoms with E-state index in [2.05, 4.69) is 6.92 Å². The smallest absolute Gasteiger partial charge is 0.0961 e. The second-order valence-corrected chi connectivity index (χ2v) is 3.29. The van der Waals surface area contributed by atoms with Gasteiger partial charge in [0.15, 0.2) is 0 Å². The second-order valence-electron chi connectivity index (χ2n) is 3.29. The van der Waals surface area contributed by atoms with Gasteiger partial charge in [0.2, 0.25) is 0 Å². The lowest BCUT2D eigenvalue weighted by Gasteiger charge is -2.07. The molecule has 2 N–H and O–H groups in total. The molecule has 0 bridgehead atoms. The predicted molar refractivity (Wildman–Crippen MR) is 48.1 cm³/mol. The number of hydrogen-bond donors (Lipinski definition) is 1. The summed E-state index contributed by atoms with van der Waals surface area (Å²) in [7, 11) is 0. The first-order chi connectivity index (χ1) is 5.84. The molecule has 2 atom stereocenters. The van der Waals surface area contributed by atoms with E-state index in [1.165, 1.54) is 6.42 Å². The van der Waals surface area contributed by atoms with Gasteiger partial charge in [-0.3, -0.25) is 0 Å². The lowest BCUT2D eigenvalue weighted by molar-refractivity contribution is 0.121. The molecule has 0 aromatic heterocycles. The Morgan fingerprint density at radius 3 is 2.92 bits per heavy atom. The Morgan fingerprint density at radius 1 is 1.58 bits per heavy atom. The molecule has 0 radical (unpaired) electrons. The van der Waals surface area contributed by atoms with E-state index in [0.29, 0.717) is 6.10 Å². The third-order valence-corrected chi connectivity index (χ3v) is 2.07. The third kappa shape index (κ3) is 4.04. The molecule has 0 spiro atoms. The van der Waals surface area contributed by atoms with Gasteiger partial charge in [-0.2, -0.15) is 0 Å². The normalized spacial score (nSPS) is 24.0. The first-order valence-electron chi connectivity index (χ1n) is 4.79. The number of nitrogens with two attached hydrogens (primary N) is 1. The minimum atomic E-state index is 0.187. The van der Waals surface area contributed by atoms with Crippen molar-refractivity contribution in [1.82, 2.24) is 0 Å². The van der Waals surface area contributed by atoms with E-state index in [4.69, 9.17) is 15.2 Å². The van der Waals surface area contributed by atoms with Crippen molar-refractivity contribution in [3.8, 4) is 0 Å². The Labute approximate surface area is 74.2 Å². The monoisotopic (exact) mass is 173 g/mol. The van der Waals surface area contributed by atoms with Gasteiger partial charge in [-0.25, -0.2) is 0 Å². The fourth-order valence-corrected chi connectivity index (χ4v) is 1.06. The highest BCUT2D eigenvalue weighted by Gasteiger charge is 2.29. The Morgan fingerprint density at radius 2 is 2.33 bits per heavy atom. The molecule has 1 rings (SSSR count). The summed E-state index contributed by atoms with van der Waals surface area (Å²) >= 11 is 0. The van der Waals surface area contributed by atoms with Crippen LogP contribution in [0.3, 0.4) is 0 Å². The summed E-state index contributed by atoms with van der Waals surface area (Å²) in [6.07, 6.45) is 3.58. The number of rotatable bonds is 7. The van der Waals surface area contributed by atoms with Gasteiger partial charge in [0.25, 0.3) is 0 Å². The Bertz CT molecular complexity index is 115. The molecule has 2 unspecified atom stereocenters. The fraction of sp³-hybridized carbons (Fsp3) is 1.00. The summed E-state index contributed by atoms with van der Waals surface area (Å²) in [4.78, 5) is 0. The number of ether oxygens (including phenoxy) is 2. The van der Waals surface area contributed by atoms with Gasteiger partial charge in [0, 0.05) is 19.3 Å². The Hall–Kier alpha value is -0.120. The average molecular weight is 173 g/mol. The molecule has 0 aromatic carbocycles. The number of epoxide rings is 1. The second kappa shape index (κ2) is 5.51. The summed E-state index contributed by atoms with van der Waals surface area (Å²) in [6, 6.07) is 0.187. The van der Waals surface area contributed by atoms with Crippen molar-refractivity contribution >= 4 is 0 Å². The molecule has 1 heterocycles. The van der Waals surface area contributed by atoms with Crippen molar-refractivity contribution in [2.24, 2.45) is 5.73 Å². The minimum absolute atomic E-state index is 0.187. The zero-order valence-electron chi connectivity index (χ0n) is 7.79. The van der Waals surface area contributed by atoms with Crippen LogP contribution >= 0.6 is 0 Å². The van der Waals surface area contributed by atoms with Gasteiger partial charge in [-0.15, -0.1) is 0 Å². The molecule has 1 saturated heterocycles. The van der Waals surface area contributed by atoms with Gasteiger partial charge in [-0.05, 0) is 12.8 Å². The standard InChI is InChI=1S/C9H19NO2/c1-2-3-5-11-6-4-8(10)9-7-12-9/h8-9H,2-7,10H2,1H3. The van der Waals surface area contributed by atoms with Crippen LogP contribution in [0, 0.1) is 0 Å². The van der Waals surface area contributed by atoms with Crippen LogP contribution in [-0.2, 0) is 9.47 Å². The quantitative estimate of drug-likeness (QED) is 0.460. The van der Waals surface area contributed by atoms with E-state index < -0.39 is 0 Å². The first kappa shape index (κ1) is 9.96. The molecule has 0 aliphatic carbocycles. The van der Waals surface area contributed by atoms with Crippen molar-refractivity contribution in [3.63, 3.8) is 0 Å². The lowest BCUT2D eigenvalue weighted by Crippen LogP contribution is -2.28. The highest BCUT2D eigenvalue weighted by molar-refractivity contribution is 4.81. The molecule has 72 valence electrons. The Balaban J connectivity index is 1.81. The van der Waals surface area contributed by atoms with Gasteiger partial charge in [0.1, 0.15) is 0 Å². The van der Waals surface area contributed by atoms with E-state index in [1.807, 2.05) is 0 Å². The molecule has 1 fully saturated rings. The molecule has 0 saturated carbocycles. The number of hydrogen-bond acceptors (Lipinski definition) is 3. The summed E-state index contributed by atoms with van der Waals surface area (Å²) in [5, 5.41) is 0. The largest absolute Gasteiger partial charge is 0.381 e. The molecular formula is C9H19NO2. The fourth-order valence-electron chi connectivity index (χ4n) is 1.06. The summed E-state index contributed by atoms with van der Waals surface area (Å²) in [5.74, 6) is 0. The Kier molecular flexibility index (Phi) is 4.58. The maximum absolute atomic E-state index is 5.79. The predicted octanol–water partition coefficient (Wildman–Crippen LogP) is 0.919. The zero-order valence-corrected chi connectivity index (χ0v) is 7.79. The molecule has 12 heavy (non-hydrogen) atoms. The van der Waals surface area contributed by atoms with Crippen molar-refractivity contribution in [3.05, 3.63) is 0 Å². The summed E-state index contributed by atoms with van der Waals surface area (Å²) in [5.41, 5.74) is 5.79. The number of unbranched alkanes of at least 4 members (excludes halogenated alkanes) is 1. The van der Waals surface area contributed by atoms with Crippen LogP contribution in [0.25, 0.3) is 0 Å². The van der Waals surface area contributed by atoms with E-state index in [1.54, 1.807) is 0 Å². The molecule has 0 amide bonds. The highest BCUT2D eigenvalue weighted by Crippen LogP contribution is 2.14. The average Bonchev–Trinajstić information content (AvgIpc) is 2.86. The van der Waals surface area contributed by atoms with E-state index in [9.17, 15) is 0 Å². The van der Waals surface area contributed by atoms with Crippen LogP contribution in [0.15, 0.2) is 0 Å². The molecule has 0 aromatic rings. The van der Waals surface area contributed by atoms with Gasteiger partial charge in [0.05, 0.1) is 12.7 Å². The van der Waals surface area contributed by atoms with Crippen LogP contribution < -0.4 is 5.73 Å². The SMILES string of the molecule is CCCCOCCC(N)C1CO1. The molecule has 1 aliphatic heterocycles. The van der Waals surface area contributed by atoms with Crippen LogP contribution in [0.5, 0.6) is 0 Å². The maximum Gasteiger partial charge on any atom is 0.0961 e. The third-order valence-electron chi connectivity index (χ3n) is 2.07. The summed E-state index contributed by atoms with van der Waals surface area (Å²) < 4.78 is 10.5.